The second kappa shape index (κ2) is 4.15. The Morgan fingerprint density at radius 2 is 2.06 bits per heavy atom. The molecule has 2 atom stereocenters. The van der Waals surface area contributed by atoms with Crippen molar-refractivity contribution < 1.29 is 15.0 Å². The summed E-state index contributed by atoms with van der Waals surface area (Å²) >= 11 is 0. The molecule has 1 aliphatic carbocycles. The van der Waals surface area contributed by atoms with Crippen molar-refractivity contribution in [2.24, 2.45) is 5.41 Å². The first kappa shape index (κ1) is 13.1. The minimum Gasteiger partial charge on any atom is -0.389 e. The van der Waals surface area contributed by atoms with Crippen molar-refractivity contribution >= 4 is 5.78 Å². The van der Waals surface area contributed by atoms with Crippen LogP contribution in [0, 0.1) is 5.41 Å². The maximum absolute atomic E-state index is 11.5. The number of aliphatic hydroxyl groups excluding tert-OH is 1. The Labute approximate surface area is 96.5 Å². The zero-order valence-electron chi connectivity index (χ0n) is 10.3. The minimum atomic E-state index is -1.15. The van der Waals surface area contributed by atoms with E-state index in [4.69, 9.17) is 0 Å². The van der Waals surface area contributed by atoms with Gasteiger partial charge < -0.3 is 10.2 Å². The zero-order valence-corrected chi connectivity index (χ0v) is 10.3. The largest absolute Gasteiger partial charge is 0.389 e. The summed E-state index contributed by atoms with van der Waals surface area (Å²) in [5.74, 6) is 0.0395. The van der Waals surface area contributed by atoms with Gasteiger partial charge in [0.2, 0.25) is 0 Å². The molecule has 0 aromatic rings. The second-order valence-corrected chi connectivity index (χ2v) is 5.22. The van der Waals surface area contributed by atoms with Crippen LogP contribution in [0.5, 0.6) is 0 Å². The van der Waals surface area contributed by atoms with E-state index in [1.165, 1.54) is 6.08 Å². The average molecular weight is 224 g/mol. The summed E-state index contributed by atoms with van der Waals surface area (Å²) in [5.41, 5.74) is -1.07. The van der Waals surface area contributed by atoms with E-state index < -0.39 is 17.1 Å². The number of carbonyl (C=O) groups is 1. The van der Waals surface area contributed by atoms with Gasteiger partial charge in [0.05, 0.1) is 6.10 Å². The fourth-order valence-corrected chi connectivity index (χ4v) is 2.14. The molecule has 0 aliphatic heterocycles. The summed E-state index contributed by atoms with van der Waals surface area (Å²) in [5, 5.41) is 19.8. The molecule has 90 valence electrons. The lowest BCUT2D eigenvalue weighted by atomic mass is 9.64. The van der Waals surface area contributed by atoms with Gasteiger partial charge in [-0.15, -0.1) is 0 Å². The molecule has 2 unspecified atom stereocenters. The van der Waals surface area contributed by atoms with Crippen molar-refractivity contribution in [3.63, 3.8) is 0 Å². The Balaban J connectivity index is 3.16. The first-order valence-corrected chi connectivity index (χ1v) is 5.50. The number of hydrogen-bond donors (Lipinski definition) is 2. The van der Waals surface area contributed by atoms with Crippen LogP contribution in [0.15, 0.2) is 23.8 Å². The molecule has 1 rings (SSSR count). The molecular formula is C13H20O3. The third-order valence-corrected chi connectivity index (χ3v) is 3.24. The molecule has 0 aromatic carbocycles. The van der Waals surface area contributed by atoms with Crippen molar-refractivity contribution in [3.8, 4) is 0 Å². The first-order valence-electron chi connectivity index (χ1n) is 5.50. The van der Waals surface area contributed by atoms with Gasteiger partial charge >= 0.3 is 0 Å². The maximum Gasteiger partial charge on any atom is 0.156 e. The third kappa shape index (κ3) is 2.25. The third-order valence-electron chi connectivity index (χ3n) is 3.24. The number of hydrogen-bond acceptors (Lipinski definition) is 3. The molecule has 3 heteroatoms. The molecule has 1 aliphatic rings. The lowest BCUT2D eigenvalue weighted by Gasteiger charge is -2.44. The fourth-order valence-electron chi connectivity index (χ4n) is 2.14. The highest BCUT2D eigenvalue weighted by atomic mass is 16.3. The van der Waals surface area contributed by atoms with Crippen LogP contribution in [0.2, 0.25) is 0 Å². The molecule has 0 amide bonds. The zero-order chi connectivity index (χ0) is 12.6. The average Bonchev–Trinajstić information content (AvgIpc) is 2.10. The topological polar surface area (TPSA) is 57.5 Å². The van der Waals surface area contributed by atoms with Crippen LogP contribution < -0.4 is 0 Å². The number of ketones is 1. The molecule has 0 saturated heterocycles. The minimum absolute atomic E-state index is 0.0395. The number of allylic oxidation sites excluding steroid dienone is 1. The summed E-state index contributed by atoms with van der Waals surface area (Å²) in [6.07, 6.45) is 4.33. The van der Waals surface area contributed by atoms with E-state index in [9.17, 15) is 15.0 Å². The Bertz CT molecular complexity index is 350. The Hall–Kier alpha value is -0.930. The number of aliphatic hydroxyl groups is 2. The van der Waals surface area contributed by atoms with Gasteiger partial charge in [0.25, 0.3) is 0 Å². The van der Waals surface area contributed by atoms with Crippen molar-refractivity contribution in [1.29, 1.82) is 0 Å². The van der Waals surface area contributed by atoms with Crippen LogP contribution in [0.25, 0.3) is 0 Å². The van der Waals surface area contributed by atoms with E-state index in [1.54, 1.807) is 26.0 Å². The highest BCUT2D eigenvalue weighted by molar-refractivity contribution is 5.92. The van der Waals surface area contributed by atoms with Crippen LogP contribution in [0.3, 0.4) is 0 Å². The molecule has 0 saturated carbocycles. The van der Waals surface area contributed by atoms with Gasteiger partial charge in [-0.2, -0.15) is 0 Å². The lowest BCUT2D eigenvalue weighted by molar-refractivity contribution is -0.121. The van der Waals surface area contributed by atoms with Crippen LogP contribution in [-0.4, -0.2) is 27.7 Å². The van der Waals surface area contributed by atoms with Crippen LogP contribution >= 0.6 is 0 Å². The summed E-state index contributed by atoms with van der Waals surface area (Å²) in [6.45, 7) is 7.08. The molecule has 2 N–H and O–H groups in total. The lowest BCUT2D eigenvalue weighted by Crippen LogP contribution is -2.48. The summed E-state index contributed by atoms with van der Waals surface area (Å²) in [6, 6.07) is 0. The van der Waals surface area contributed by atoms with Gasteiger partial charge in [-0.05, 0) is 31.6 Å². The maximum atomic E-state index is 11.5. The quantitative estimate of drug-likeness (QED) is 0.700. The Morgan fingerprint density at radius 1 is 1.50 bits per heavy atom. The smallest absolute Gasteiger partial charge is 0.156 e. The van der Waals surface area contributed by atoms with E-state index in [2.05, 4.69) is 0 Å². The molecule has 3 nitrogen and oxygen atoms in total. The number of rotatable bonds is 2. The Morgan fingerprint density at radius 3 is 2.50 bits per heavy atom. The monoisotopic (exact) mass is 224 g/mol. The predicted octanol–water partition coefficient (Wildman–Crippen LogP) is 1.60. The standard InChI is InChI=1S/C13H20O3/c1-9-7-11(15)8-12(3,4)13(9,16)6-5-10(2)14/h5-7,10,14,16H,8H2,1-4H3/b6-5-. The van der Waals surface area contributed by atoms with Gasteiger partial charge in [0, 0.05) is 11.8 Å². The number of carbonyl (C=O) groups excluding carboxylic acids is 1. The van der Waals surface area contributed by atoms with Crippen molar-refractivity contribution in [2.75, 3.05) is 0 Å². The summed E-state index contributed by atoms with van der Waals surface area (Å²) < 4.78 is 0. The highest BCUT2D eigenvalue weighted by Gasteiger charge is 2.46. The normalized spacial score (nSPS) is 31.6. The van der Waals surface area contributed by atoms with E-state index in [0.717, 1.165) is 0 Å². The molecule has 16 heavy (non-hydrogen) atoms. The summed E-state index contributed by atoms with van der Waals surface area (Å²) in [4.78, 5) is 11.5. The molecule has 0 fully saturated rings. The first-order chi connectivity index (χ1) is 7.19. The highest BCUT2D eigenvalue weighted by Crippen LogP contribution is 2.44. The fraction of sp³-hybridized carbons (Fsp3) is 0.615. The van der Waals surface area contributed by atoms with Crippen LogP contribution in [0.4, 0.5) is 0 Å². The van der Waals surface area contributed by atoms with Crippen molar-refractivity contribution in [1.82, 2.24) is 0 Å². The molecule has 0 bridgehead atoms. The summed E-state index contributed by atoms with van der Waals surface area (Å²) in [7, 11) is 0. The van der Waals surface area contributed by atoms with Gasteiger partial charge in [0.1, 0.15) is 5.60 Å². The molecule has 0 radical (unpaired) electrons. The second-order valence-electron chi connectivity index (χ2n) is 5.22. The van der Waals surface area contributed by atoms with E-state index >= 15 is 0 Å². The molecule has 0 spiro atoms. The predicted molar refractivity (Wildman–Crippen MR) is 62.9 cm³/mol. The van der Waals surface area contributed by atoms with Gasteiger partial charge in [-0.1, -0.05) is 19.9 Å². The van der Waals surface area contributed by atoms with E-state index in [-0.39, 0.29) is 5.78 Å². The van der Waals surface area contributed by atoms with Crippen LogP contribution in [0.1, 0.15) is 34.1 Å². The SMILES string of the molecule is CC1=CC(=O)CC(C)(C)C1(O)/C=C\C(C)O. The van der Waals surface area contributed by atoms with Gasteiger partial charge in [-0.3, -0.25) is 4.79 Å². The van der Waals surface area contributed by atoms with Crippen molar-refractivity contribution in [2.45, 2.75) is 45.8 Å². The van der Waals surface area contributed by atoms with Gasteiger partial charge in [0.15, 0.2) is 5.78 Å². The Kier molecular flexibility index (Phi) is 3.41. The van der Waals surface area contributed by atoms with Crippen molar-refractivity contribution in [3.05, 3.63) is 23.8 Å². The molecule has 0 aromatic heterocycles. The van der Waals surface area contributed by atoms with E-state index in [0.29, 0.717) is 12.0 Å². The molecular weight excluding hydrogens is 204 g/mol. The van der Waals surface area contributed by atoms with Gasteiger partial charge in [-0.25, -0.2) is 0 Å². The van der Waals surface area contributed by atoms with E-state index in [1.807, 2.05) is 13.8 Å². The van der Waals surface area contributed by atoms with Crippen LogP contribution in [-0.2, 0) is 4.79 Å². The molecule has 0 heterocycles.